The van der Waals surface area contributed by atoms with Gasteiger partial charge in [-0.25, -0.2) is 18.4 Å². The molecule has 9 heteroatoms. The standard InChI is InChI=1S/C21H26N2O5S2/c1-26-17-10-13(11-18(27-2)20(17)28-3)19-15-6-4-5-7-16(15)22-21(23-19)29-14-8-9-30(24,25)12-14/h10-11,14H,4-9,12H2,1-3H3/t14-/m1/s1. The number of rotatable bonds is 6. The number of methoxy groups -OCH3 is 3. The minimum Gasteiger partial charge on any atom is -0.493 e. The largest absolute Gasteiger partial charge is 0.493 e. The molecule has 0 N–H and O–H groups in total. The Kier molecular flexibility index (Phi) is 6.11. The van der Waals surface area contributed by atoms with E-state index in [9.17, 15) is 8.42 Å². The van der Waals surface area contributed by atoms with Crippen LogP contribution in [0.2, 0.25) is 0 Å². The number of hydrogen-bond acceptors (Lipinski definition) is 8. The number of aryl methyl sites for hydroxylation is 1. The highest BCUT2D eigenvalue weighted by molar-refractivity contribution is 8.01. The molecule has 1 aliphatic heterocycles. The summed E-state index contributed by atoms with van der Waals surface area (Å²) in [5.74, 6) is 2.13. The van der Waals surface area contributed by atoms with Crippen LogP contribution >= 0.6 is 11.8 Å². The molecule has 2 aliphatic rings. The van der Waals surface area contributed by atoms with Gasteiger partial charge in [0, 0.05) is 22.1 Å². The molecule has 1 fully saturated rings. The molecule has 1 aromatic carbocycles. The first-order chi connectivity index (χ1) is 14.4. The molecule has 162 valence electrons. The minimum absolute atomic E-state index is 0.00410. The summed E-state index contributed by atoms with van der Waals surface area (Å²) in [6.45, 7) is 0. The van der Waals surface area contributed by atoms with Crippen molar-refractivity contribution in [2.24, 2.45) is 0 Å². The summed E-state index contributed by atoms with van der Waals surface area (Å²) in [5, 5.41) is 0.644. The second-order valence-corrected chi connectivity index (χ2v) is 11.0. The molecule has 1 saturated heterocycles. The van der Waals surface area contributed by atoms with Gasteiger partial charge in [0.1, 0.15) is 0 Å². The van der Waals surface area contributed by atoms with Crippen molar-refractivity contribution in [1.82, 2.24) is 9.97 Å². The van der Waals surface area contributed by atoms with Gasteiger partial charge in [-0.1, -0.05) is 11.8 Å². The minimum atomic E-state index is -2.94. The maximum absolute atomic E-state index is 11.9. The van der Waals surface area contributed by atoms with Gasteiger partial charge < -0.3 is 14.2 Å². The Balaban J connectivity index is 1.79. The van der Waals surface area contributed by atoms with Crippen LogP contribution in [0.1, 0.15) is 30.5 Å². The maximum Gasteiger partial charge on any atom is 0.203 e. The van der Waals surface area contributed by atoms with Crippen LogP contribution in [-0.4, -0.2) is 56.5 Å². The van der Waals surface area contributed by atoms with Gasteiger partial charge in [-0.15, -0.1) is 0 Å². The Hall–Kier alpha value is -2.00. The van der Waals surface area contributed by atoms with E-state index < -0.39 is 9.84 Å². The summed E-state index contributed by atoms with van der Waals surface area (Å²) < 4.78 is 40.2. The molecule has 30 heavy (non-hydrogen) atoms. The molecule has 0 bridgehead atoms. The number of nitrogens with zero attached hydrogens (tertiary/aromatic N) is 2. The summed E-state index contributed by atoms with van der Waals surface area (Å²) in [6, 6.07) is 3.82. The molecular weight excluding hydrogens is 424 g/mol. The van der Waals surface area contributed by atoms with Crippen LogP contribution in [0.15, 0.2) is 17.3 Å². The Morgan fingerprint density at radius 2 is 1.70 bits per heavy atom. The third-order valence-corrected chi connectivity index (χ3v) is 8.67. The summed E-state index contributed by atoms with van der Waals surface area (Å²) in [4.78, 5) is 9.68. The van der Waals surface area contributed by atoms with E-state index in [2.05, 4.69) is 0 Å². The van der Waals surface area contributed by atoms with E-state index in [1.807, 2.05) is 12.1 Å². The van der Waals surface area contributed by atoms with Gasteiger partial charge in [0.2, 0.25) is 5.75 Å². The molecule has 0 unspecified atom stereocenters. The quantitative estimate of drug-likeness (QED) is 0.620. The first kappa shape index (κ1) is 21.2. The number of benzene rings is 1. The Morgan fingerprint density at radius 1 is 1.00 bits per heavy atom. The Labute approximate surface area is 181 Å². The van der Waals surface area contributed by atoms with Crippen molar-refractivity contribution in [3.63, 3.8) is 0 Å². The monoisotopic (exact) mass is 450 g/mol. The van der Waals surface area contributed by atoms with Crippen molar-refractivity contribution in [1.29, 1.82) is 0 Å². The van der Waals surface area contributed by atoms with Gasteiger partial charge in [-0.3, -0.25) is 0 Å². The van der Waals surface area contributed by atoms with E-state index in [1.54, 1.807) is 21.3 Å². The lowest BCUT2D eigenvalue weighted by Gasteiger charge is -2.21. The Bertz CT molecular complexity index is 1030. The van der Waals surface area contributed by atoms with Crippen LogP contribution in [0.3, 0.4) is 0 Å². The van der Waals surface area contributed by atoms with E-state index in [4.69, 9.17) is 24.2 Å². The fourth-order valence-electron chi connectivity index (χ4n) is 4.08. The molecule has 4 rings (SSSR count). The molecule has 7 nitrogen and oxygen atoms in total. The van der Waals surface area contributed by atoms with Crippen molar-refractivity contribution < 1.29 is 22.6 Å². The van der Waals surface area contributed by atoms with Crippen molar-refractivity contribution in [3.8, 4) is 28.5 Å². The molecular formula is C21H26N2O5S2. The fourth-order valence-corrected chi connectivity index (χ4v) is 7.51. The smallest absolute Gasteiger partial charge is 0.203 e. The second-order valence-electron chi connectivity index (χ2n) is 7.54. The highest BCUT2D eigenvalue weighted by atomic mass is 32.2. The zero-order valence-corrected chi connectivity index (χ0v) is 19.1. The summed E-state index contributed by atoms with van der Waals surface area (Å²) in [7, 11) is 1.83. The fraction of sp³-hybridized carbons (Fsp3) is 0.524. The lowest BCUT2D eigenvalue weighted by Crippen LogP contribution is -2.12. The maximum atomic E-state index is 11.9. The van der Waals surface area contributed by atoms with Crippen molar-refractivity contribution in [2.75, 3.05) is 32.8 Å². The second kappa shape index (κ2) is 8.63. The number of hydrogen-bond donors (Lipinski definition) is 0. The van der Waals surface area contributed by atoms with E-state index in [0.29, 0.717) is 28.8 Å². The lowest BCUT2D eigenvalue weighted by atomic mass is 9.92. The van der Waals surface area contributed by atoms with Crippen LogP contribution in [0.25, 0.3) is 11.3 Å². The van der Waals surface area contributed by atoms with Gasteiger partial charge in [-0.05, 0) is 44.2 Å². The third-order valence-electron chi connectivity index (χ3n) is 5.56. The first-order valence-corrected chi connectivity index (χ1v) is 12.7. The Morgan fingerprint density at radius 3 is 2.30 bits per heavy atom. The highest BCUT2D eigenvalue weighted by Gasteiger charge is 2.30. The number of aromatic nitrogens is 2. The molecule has 2 heterocycles. The molecule has 1 aromatic heterocycles. The van der Waals surface area contributed by atoms with Gasteiger partial charge in [0.05, 0.1) is 38.5 Å². The van der Waals surface area contributed by atoms with Crippen LogP contribution in [-0.2, 0) is 22.7 Å². The number of thioether (sulfide) groups is 1. The normalized spacial score (nSPS) is 19.9. The SMILES string of the molecule is COc1cc(-c2nc(S[C@@H]3CCS(=O)(=O)C3)nc3c2CCCC3)cc(OC)c1OC. The number of fused-ring (bicyclic) bond motifs is 1. The predicted molar refractivity (Wildman–Crippen MR) is 117 cm³/mol. The van der Waals surface area contributed by atoms with Crippen molar-refractivity contribution in [3.05, 3.63) is 23.4 Å². The average molecular weight is 451 g/mol. The zero-order valence-electron chi connectivity index (χ0n) is 17.4. The lowest BCUT2D eigenvalue weighted by molar-refractivity contribution is 0.324. The summed E-state index contributed by atoms with van der Waals surface area (Å²) in [5.41, 5.74) is 3.95. The molecule has 0 spiro atoms. The first-order valence-electron chi connectivity index (χ1n) is 10.0. The van der Waals surface area contributed by atoms with Crippen molar-refractivity contribution >= 4 is 21.6 Å². The average Bonchev–Trinajstić information content (AvgIpc) is 3.09. The summed E-state index contributed by atoms with van der Waals surface area (Å²) in [6.07, 6.45) is 4.67. The van der Waals surface area contributed by atoms with Crippen LogP contribution in [0.5, 0.6) is 17.2 Å². The number of sulfone groups is 1. The molecule has 0 saturated carbocycles. The van der Waals surface area contributed by atoms with E-state index in [-0.39, 0.29) is 16.8 Å². The van der Waals surface area contributed by atoms with Gasteiger partial charge >= 0.3 is 0 Å². The van der Waals surface area contributed by atoms with Crippen LogP contribution in [0, 0.1) is 0 Å². The zero-order chi connectivity index (χ0) is 21.3. The van der Waals surface area contributed by atoms with E-state index >= 15 is 0 Å². The van der Waals surface area contributed by atoms with E-state index in [0.717, 1.165) is 48.2 Å². The topological polar surface area (TPSA) is 87.6 Å². The molecule has 1 aliphatic carbocycles. The van der Waals surface area contributed by atoms with Crippen LogP contribution in [0.4, 0.5) is 0 Å². The number of ether oxygens (including phenoxy) is 3. The molecule has 1 atom stereocenters. The predicted octanol–water partition coefficient (Wildman–Crippen LogP) is 3.33. The van der Waals surface area contributed by atoms with Gasteiger partial charge in [0.25, 0.3) is 0 Å². The third kappa shape index (κ3) is 4.23. The van der Waals surface area contributed by atoms with Crippen molar-refractivity contribution in [2.45, 2.75) is 42.5 Å². The highest BCUT2D eigenvalue weighted by Crippen LogP contribution is 2.43. The summed E-state index contributed by atoms with van der Waals surface area (Å²) >= 11 is 1.47. The van der Waals surface area contributed by atoms with Gasteiger partial charge in [0.15, 0.2) is 26.5 Å². The molecule has 0 radical (unpaired) electrons. The van der Waals surface area contributed by atoms with Crippen LogP contribution < -0.4 is 14.2 Å². The molecule has 0 amide bonds. The molecule has 2 aromatic rings. The van der Waals surface area contributed by atoms with Gasteiger partial charge in [-0.2, -0.15) is 0 Å². The van der Waals surface area contributed by atoms with E-state index in [1.165, 1.54) is 11.8 Å².